The maximum absolute atomic E-state index is 13.6. The highest BCUT2D eigenvalue weighted by Crippen LogP contribution is 2.62. The van der Waals surface area contributed by atoms with Crippen LogP contribution in [0.1, 0.15) is 12.0 Å². The summed E-state index contributed by atoms with van der Waals surface area (Å²) in [5.74, 6) is -0.678. The van der Waals surface area contributed by atoms with Gasteiger partial charge in [0.05, 0.1) is 23.2 Å². The molecule has 3 fully saturated rings. The molecular formula is C26H19ClN2O3. The molecule has 0 aromatic heterocycles. The second kappa shape index (κ2) is 6.42. The predicted octanol–water partition coefficient (Wildman–Crippen LogP) is 4.67. The standard InChI is InChI=1S/C26H19ClN2O3/c27-16-8-5-14(6-9-16)23-22-18-12-19(24(22)32-28-23)21-20(18)25(30)29(26(21)31)17-10-7-13-3-1-2-4-15(13)11-17/h1-11,18-22,24H,12H2. The van der Waals surface area contributed by atoms with Crippen LogP contribution in [0.3, 0.4) is 0 Å². The van der Waals surface area contributed by atoms with Crippen molar-refractivity contribution in [3.05, 3.63) is 77.3 Å². The van der Waals surface area contributed by atoms with Crippen molar-refractivity contribution in [3.63, 3.8) is 0 Å². The van der Waals surface area contributed by atoms with Crippen LogP contribution in [0, 0.1) is 29.6 Å². The number of amides is 2. The number of carbonyl (C=O) groups excluding carboxylic acids is 2. The molecule has 7 rings (SSSR count). The molecule has 0 radical (unpaired) electrons. The summed E-state index contributed by atoms with van der Waals surface area (Å²) in [6.07, 6.45) is 0.695. The average molecular weight is 443 g/mol. The number of fused-ring (bicyclic) bond motifs is 9. The van der Waals surface area contributed by atoms with E-state index in [1.807, 2.05) is 66.7 Å². The molecule has 3 aromatic rings. The molecule has 6 unspecified atom stereocenters. The summed E-state index contributed by atoms with van der Waals surface area (Å²) in [6, 6.07) is 21.3. The first kappa shape index (κ1) is 18.4. The lowest BCUT2D eigenvalue weighted by atomic mass is 9.71. The van der Waals surface area contributed by atoms with E-state index < -0.39 is 0 Å². The quantitative estimate of drug-likeness (QED) is 0.542. The largest absolute Gasteiger partial charge is 0.391 e. The van der Waals surface area contributed by atoms with E-state index >= 15 is 0 Å². The van der Waals surface area contributed by atoms with Crippen LogP contribution in [0.15, 0.2) is 71.9 Å². The summed E-state index contributed by atoms with van der Waals surface area (Å²) in [4.78, 5) is 34.4. The van der Waals surface area contributed by atoms with Gasteiger partial charge in [-0.2, -0.15) is 0 Å². The molecular weight excluding hydrogens is 424 g/mol. The lowest BCUT2D eigenvalue weighted by Crippen LogP contribution is -2.41. The average Bonchev–Trinajstić information content (AvgIpc) is 3.54. The Bertz CT molecular complexity index is 1330. The van der Waals surface area contributed by atoms with Gasteiger partial charge >= 0.3 is 0 Å². The van der Waals surface area contributed by atoms with E-state index in [4.69, 9.17) is 16.4 Å². The first-order chi connectivity index (χ1) is 15.6. The second-order valence-corrected chi connectivity index (χ2v) is 9.67. The van der Waals surface area contributed by atoms with Crippen LogP contribution in [0.4, 0.5) is 5.69 Å². The Kier molecular flexibility index (Phi) is 3.69. The molecule has 6 atom stereocenters. The summed E-state index contributed by atoms with van der Waals surface area (Å²) in [7, 11) is 0. The highest BCUT2D eigenvalue weighted by molar-refractivity contribution is 6.30. The third-order valence-corrected chi connectivity index (χ3v) is 8.07. The highest BCUT2D eigenvalue weighted by atomic mass is 35.5. The topological polar surface area (TPSA) is 59.0 Å². The van der Waals surface area contributed by atoms with Crippen molar-refractivity contribution in [2.24, 2.45) is 34.7 Å². The van der Waals surface area contributed by atoms with Gasteiger partial charge in [0.1, 0.15) is 6.10 Å². The molecule has 2 amide bonds. The number of benzene rings is 3. The molecule has 2 saturated carbocycles. The first-order valence-corrected chi connectivity index (χ1v) is 11.4. The van der Waals surface area contributed by atoms with E-state index in [1.165, 1.54) is 4.90 Å². The minimum absolute atomic E-state index is 0.0189. The van der Waals surface area contributed by atoms with Gasteiger partial charge in [-0.15, -0.1) is 0 Å². The number of hydrogen-bond acceptors (Lipinski definition) is 4. The number of oxime groups is 1. The van der Waals surface area contributed by atoms with Crippen molar-refractivity contribution in [2.45, 2.75) is 12.5 Å². The Labute approximate surface area is 189 Å². The summed E-state index contributed by atoms with van der Waals surface area (Å²) in [5, 5.41) is 7.16. The van der Waals surface area contributed by atoms with Gasteiger partial charge in [0.2, 0.25) is 11.8 Å². The van der Waals surface area contributed by atoms with Crippen LogP contribution in [0.2, 0.25) is 5.02 Å². The monoisotopic (exact) mass is 442 g/mol. The molecule has 3 aromatic carbocycles. The van der Waals surface area contributed by atoms with Gasteiger partial charge in [-0.3, -0.25) is 14.5 Å². The Morgan fingerprint density at radius 1 is 0.844 bits per heavy atom. The van der Waals surface area contributed by atoms with Crippen molar-refractivity contribution < 1.29 is 14.4 Å². The van der Waals surface area contributed by atoms with Gasteiger partial charge in [0, 0.05) is 16.9 Å². The van der Waals surface area contributed by atoms with Gasteiger partial charge in [0.25, 0.3) is 0 Å². The summed E-state index contributed by atoms with van der Waals surface area (Å²) < 4.78 is 0. The fourth-order valence-electron chi connectivity index (χ4n) is 6.56. The molecule has 2 bridgehead atoms. The third-order valence-electron chi connectivity index (χ3n) is 7.82. The zero-order chi connectivity index (χ0) is 21.6. The number of nitrogens with zero attached hydrogens (tertiary/aromatic N) is 2. The first-order valence-electron chi connectivity index (χ1n) is 11.0. The molecule has 0 N–H and O–H groups in total. The van der Waals surface area contributed by atoms with Gasteiger partial charge in [-0.25, -0.2) is 0 Å². The van der Waals surface area contributed by atoms with Crippen LogP contribution in [-0.2, 0) is 14.4 Å². The molecule has 2 aliphatic heterocycles. The van der Waals surface area contributed by atoms with Crippen molar-refractivity contribution in [1.29, 1.82) is 0 Å². The minimum Gasteiger partial charge on any atom is -0.391 e. The predicted molar refractivity (Wildman–Crippen MR) is 121 cm³/mol. The van der Waals surface area contributed by atoms with Crippen LogP contribution in [0.25, 0.3) is 10.8 Å². The number of anilines is 1. The number of rotatable bonds is 2. The smallest absolute Gasteiger partial charge is 0.238 e. The Morgan fingerprint density at radius 2 is 1.56 bits per heavy atom. The zero-order valence-electron chi connectivity index (χ0n) is 17.0. The van der Waals surface area contributed by atoms with Crippen LogP contribution >= 0.6 is 11.6 Å². The van der Waals surface area contributed by atoms with Crippen molar-refractivity contribution in [1.82, 2.24) is 0 Å². The summed E-state index contributed by atoms with van der Waals surface area (Å²) in [5.41, 5.74) is 2.50. The summed E-state index contributed by atoms with van der Waals surface area (Å²) >= 11 is 6.05. The fraction of sp³-hybridized carbons (Fsp3) is 0.269. The lowest BCUT2D eigenvalue weighted by molar-refractivity contribution is -0.125. The number of hydrogen-bond donors (Lipinski definition) is 0. The fourth-order valence-corrected chi connectivity index (χ4v) is 6.68. The Hall–Kier alpha value is -3.18. The van der Waals surface area contributed by atoms with E-state index in [1.54, 1.807) is 0 Å². The van der Waals surface area contributed by atoms with Gasteiger partial charge in [-0.1, -0.05) is 59.2 Å². The van der Waals surface area contributed by atoms with E-state index in [-0.39, 0.29) is 47.5 Å². The molecule has 2 heterocycles. The van der Waals surface area contributed by atoms with Crippen molar-refractivity contribution in [2.75, 3.05) is 4.90 Å². The molecule has 1 saturated heterocycles. The number of imide groups is 1. The molecule has 2 aliphatic carbocycles. The van der Waals surface area contributed by atoms with E-state index in [0.29, 0.717) is 10.7 Å². The minimum atomic E-state index is -0.319. The maximum Gasteiger partial charge on any atom is 0.238 e. The molecule has 32 heavy (non-hydrogen) atoms. The van der Waals surface area contributed by atoms with Crippen LogP contribution in [-0.4, -0.2) is 23.6 Å². The normalized spacial score (nSPS) is 32.3. The van der Waals surface area contributed by atoms with Crippen molar-refractivity contribution >= 4 is 45.6 Å². The molecule has 5 nitrogen and oxygen atoms in total. The molecule has 6 heteroatoms. The lowest BCUT2D eigenvalue weighted by Gasteiger charge is -2.29. The number of halogens is 1. The van der Waals surface area contributed by atoms with Crippen molar-refractivity contribution in [3.8, 4) is 0 Å². The molecule has 158 valence electrons. The Morgan fingerprint density at radius 3 is 2.34 bits per heavy atom. The summed E-state index contributed by atoms with van der Waals surface area (Å²) in [6.45, 7) is 0. The van der Waals surface area contributed by atoms with E-state index in [0.717, 1.165) is 28.5 Å². The van der Waals surface area contributed by atoms with E-state index in [9.17, 15) is 9.59 Å². The van der Waals surface area contributed by atoms with Gasteiger partial charge in [-0.05, 0) is 52.9 Å². The number of carbonyl (C=O) groups is 2. The zero-order valence-corrected chi connectivity index (χ0v) is 17.8. The van der Waals surface area contributed by atoms with Crippen LogP contribution in [0.5, 0.6) is 0 Å². The highest BCUT2D eigenvalue weighted by Gasteiger charge is 2.70. The van der Waals surface area contributed by atoms with E-state index in [2.05, 4.69) is 5.16 Å². The van der Waals surface area contributed by atoms with Gasteiger partial charge < -0.3 is 4.84 Å². The Balaban J connectivity index is 1.25. The SMILES string of the molecule is O=C1C2C3CC(C4C(c5ccc(Cl)cc5)=NOC34)C2C(=O)N1c1ccc2ccccc2c1. The maximum atomic E-state index is 13.6. The molecule has 4 aliphatic rings. The van der Waals surface area contributed by atoms with Crippen LogP contribution < -0.4 is 4.90 Å². The van der Waals surface area contributed by atoms with Gasteiger partial charge in [0.15, 0.2) is 0 Å². The second-order valence-electron chi connectivity index (χ2n) is 9.24. The molecule has 0 spiro atoms. The third kappa shape index (κ3) is 2.32.